The Bertz CT molecular complexity index is 534. The van der Waals surface area contributed by atoms with Crippen LogP contribution in [0.2, 0.25) is 0 Å². The van der Waals surface area contributed by atoms with E-state index in [-0.39, 0.29) is 11.4 Å². The lowest BCUT2D eigenvalue weighted by atomic mass is 9.92. The van der Waals surface area contributed by atoms with Gasteiger partial charge in [0.05, 0.1) is 5.54 Å². The number of nitrogens with zero attached hydrogens (tertiary/aromatic N) is 3. The number of carbonyl (C=O) groups excluding carboxylic acids is 1. The van der Waals surface area contributed by atoms with Crippen LogP contribution in [0.4, 0.5) is 0 Å². The molecular formula is C18H32N4O. The Hall–Kier alpha value is -1.36. The van der Waals surface area contributed by atoms with Gasteiger partial charge in [-0.1, -0.05) is 13.8 Å². The molecule has 1 aromatic heterocycles. The summed E-state index contributed by atoms with van der Waals surface area (Å²) in [4.78, 5) is 14.8. The van der Waals surface area contributed by atoms with Crippen molar-refractivity contribution in [2.45, 2.75) is 53.5 Å². The average Bonchev–Trinajstić information content (AvgIpc) is 2.79. The van der Waals surface area contributed by atoms with E-state index in [0.29, 0.717) is 12.2 Å². The van der Waals surface area contributed by atoms with Gasteiger partial charge in [-0.15, -0.1) is 0 Å². The molecule has 0 saturated carbocycles. The lowest BCUT2D eigenvalue weighted by molar-refractivity contribution is 0.0930. The summed E-state index contributed by atoms with van der Waals surface area (Å²) in [5, 5.41) is 7.47. The number of piperidine rings is 1. The summed E-state index contributed by atoms with van der Waals surface area (Å²) in [6, 6.07) is 1.87. The van der Waals surface area contributed by atoms with Gasteiger partial charge in [0.2, 0.25) is 0 Å². The molecule has 1 aromatic rings. The van der Waals surface area contributed by atoms with E-state index < -0.39 is 0 Å². The molecule has 0 radical (unpaired) electrons. The van der Waals surface area contributed by atoms with Crippen molar-refractivity contribution < 1.29 is 4.79 Å². The highest BCUT2D eigenvalue weighted by Crippen LogP contribution is 2.20. The fourth-order valence-electron chi connectivity index (χ4n) is 3.66. The Labute approximate surface area is 140 Å². The molecule has 5 heteroatoms. The molecule has 1 fully saturated rings. The van der Waals surface area contributed by atoms with Crippen LogP contribution >= 0.6 is 0 Å². The smallest absolute Gasteiger partial charge is 0.271 e. The second-order valence-electron chi connectivity index (χ2n) is 8.22. The highest BCUT2D eigenvalue weighted by Gasteiger charge is 2.22. The molecule has 0 unspecified atom stereocenters. The van der Waals surface area contributed by atoms with Gasteiger partial charge in [-0.25, -0.2) is 0 Å². The van der Waals surface area contributed by atoms with Crippen molar-refractivity contribution in [3.05, 3.63) is 17.5 Å². The van der Waals surface area contributed by atoms with Crippen LogP contribution in [-0.4, -0.2) is 46.8 Å². The molecule has 1 aliphatic heterocycles. The maximum absolute atomic E-state index is 12.3. The number of aryl methyl sites for hydroxylation is 1. The van der Waals surface area contributed by atoms with Crippen molar-refractivity contribution in [1.82, 2.24) is 20.0 Å². The molecule has 0 aliphatic carbocycles. The summed E-state index contributed by atoms with van der Waals surface area (Å²) < 4.78 is 1.91. The third kappa shape index (κ3) is 4.80. The number of hydrogen-bond acceptors (Lipinski definition) is 3. The molecule has 23 heavy (non-hydrogen) atoms. The van der Waals surface area contributed by atoms with Crippen molar-refractivity contribution in [1.29, 1.82) is 0 Å². The van der Waals surface area contributed by atoms with Gasteiger partial charge in [0.25, 0.3) is 5.91 Å². The molecule has 1 saturated heterocycles. The van der Waals surface area contributed by atoms with Crippen LogP contribution in [0.1, 0.15) is 57.2 Å². The van der Waals surface area contributed by atoms with Crippen molar-refractivity contribution in [3.63, 3.8) is 0 Å². The maximum atomic E-state index is 12.3. The molecule has 0 aromatic carbocycles. The number of likely N-dealkylation sites (tertiary alicyclic amines) is 1. The number of carbonyl (C=O) groups is 1. The number of hydrogen-bond donors (Lipinski definition) is 1. The SMILES string of the molecule is Cc1cc(C(=O)NCCN2C[C@H](C)C[C@@H](C)C2)nn1C(C)(C)C. The standard InChI is InChI=1S/C18H32N4O/c1-13-9-14(2)12-21(11-13)8-7-19-17(23)16-10-15(3)22(20-16)18(4,5)6/h10,13-14H,7-9,11-12H2,1-6H3,(H,19,23)/t13-,14-/m1/s1. The molecule has 0 bridgehead atoms. The summed E-state index contributed by atoms with van der Waals surface area (Å²) in [5.74, 6) is 1.42. The summed E-state index contributed by atoms with van der Waals surface area (Å²) in [6.45, 7) is 16.8. The van der Waals surface area contributed by atoms with Gasteiger partial charge in [-0.05, 0) is 52.0 Å². The summed E-state index contributed by atoms with van der Waals surface area (Å²) in [7, 11) is 0. The van der Waals surface area contributed by atoms with Gasteiger partial charge in [0.15, 0.2) is 0 Å². The van der Waals surface area contributed by atoms with Crippen LogP contribution in [0.3, 0.4) is 0 Å². The number of rotatable bonds is 4. The Kier molecular flexibility index (Phi) is 5.50. The lowest BCUT2D eigenvalue weighted by Crippen LogP contribution is -2.43. The fourth-order valence-corrected chi connectivity index (χ4v) is 3.66. The van der Waals surface area contributed by atoms with Gasteiger partial charge in [0.1, 0.15) is 5.69 Å². The van der Waals surface area contributed by atoms with Gasteiger partial charge < -0.3 is 10.2 Å². The van der Waals surface area contributed by atoms with Gasteiger partial charge in [0, 0.05) is 31.9 Å². The number of amides is 1. The van der Waals surface area contributed by atoms with Crippen LogP contribution in [-0.2, 0) is 5.54 Å². The monoisotopic (exact) mass is 320 g/mol. The number of aromatic nitrogens is 2. The van der Waals surface area contributed by atoms with E-state index in [4.69, 9.17) is 0 Å². The normalized spacial score (nSPS) is 23.0. The quantitative estimate of drug-likeness (QED) is 0.928. The molecule has 1 aliphatic rings. The third-order valence-corrected chi connectivity index (χ3v) is 4.41. The minimum Gasteiger partial charge on any atom is -0.349 e. The summed E-state index contributed by atoms with van der Waals surface area (Å²) >= 11 is 0. The Balaban J connectivity index is 1.86. The second kappa shape index (κ2) is 7.04. The first kappa shape index (κ1) is 18.0. The predicted octanol–water partition coefficient (Wildman–Crippen LogP) is 2.65. The first-order valence-corrected chi connectivity index (χ1v) is 8.74. The molecule has 1 N–H and O–H groups in total. The van der Waals surface area contributed by atoms with E-state index in [2.05, 4.69) is 49.9 Å². The van der Waals surface area contributed by atoms with Crippen LogP contribution in [0.15, 0.2) is 6.07 Å². The molecule has 2 atom stereocenters. The van der Waals surface area contributed by atoms with Crippen molar-refractivity contribution >= 4 is 5.91 Å². The van der Waals surface area contributed by atoms with Crippen LogP contribution < -0.4 is 5.32 Å². The highest BCUT2D eigenvalue weighted by molar-refractivity contribution is 5.92. The van der Waals surface area contributed by atoms with E-state index in [9.17, 15) is 4.79 Å². The van der Waals surface area contributed by atoms with Crippen molar-refractivity contribution in [3.8, 4) is 0 Å². The van der Waals surface area contributed by atoms with Crippen molar-refractivity contribution in [2.75, 3.05) is 26.2 Å². The minimum atomic E-state index is -0.108. The van der Waals surface area contributed by atoms with Crippen LogP contribution in [0.5, 0.6) is 0 Å². The number of nitrogens with one attached hydrogen (secondary N) is 1. The largest absolute Gasteiger partial charge is 0.349 e. The van der Waals surface area contributed by atoms with Crippen molar-refractivity contribution in [2.24, 2.45) is 11.8 Å². The zero-order chi connectivity index (χ0) is 17.2. The topological polar surface area (TPSA) is 50.2 Å². The zero-order valence-corrected chi connectivity index (χ0v) is 15.5. The Morgan fingerprint density at radius 2 is 1.91 bits per heavy atom. The maximum Gasteiger partial charge on any atom is 0.271 e. The molecular weight excluding hydrogens is 288 g/mol. The average molecular weight is 320 g/mol. The third-order valence-electron chi connectivity index (χ3n) is 4.41. The molecule has 2 heterocycles. The van der Waals surface area contributed by atoms with E-state index in [0.717, 1.165) is 37.2 Å². The molecule has 0 spiro atoms. The molecule has 1 amide bonds. The Morgan fingerprint density at radius 3 is 2.43 bits per heavy atom. The van der Waals surface area contributed by atoms with Gasteiger partial charge >= 0.3 is 0 Å². The Morgan fingerprint density at radius 1 is 1.30 bits per heavy atom. The fraction of sp³-hybridized carbons (Fsp3) is 0.778. The first-order valence-electron chi connectivity index (χ1n) is 8.74. The second-order valence-corrected chi connectivity index (χ2v) is 8.22. The van der Waals surface area contributed by atoms with E-state index in [1.165, 1.54) is 6.42 Å². The predicted molar refractivity (Wildman–Crippen MR) is 93.7 cm³/mol. The first-order chi connectivity index (χ1) is 10.7. The van der Waals surface area contributed by atoms with Gasteiger partial charge in [-0.3, -0.25) is 9.48 Å². The van der Waals surface area contributed by atoms with E-state index >= 15 is 0 Å². The van der Waals surface area contributed by atoms with Crippen LogP contribution in [0.25, 0.3) is 0 Å². The van der Waals surface area contributed by atoms with E-state index in [1.54, 1.807) is 0 Å². The zero-order valence-electron chi connectivity index (χ0n) is 15.5. The van der Waals surface area contributed by atoms with E-state index in [1.807, 2.05) is 17.7 Å². The highest BCUT2D eigenvalue weighted by atomic mass is 16.1. The minimum absolute atomic E-state index is 0.0748. The summed E-state index contributed by atoms with van der Waals surface area (Å²) in [5.41, 5.74) is 1.42. The lowest BCUT2D eigenvalue weighted by Gasteiger charge is -2.34. The molecule has 130 valence electrons. The molecule has 2 rings (SSSR count). The molecule has 5 nitrogen and oxygen atoms in total. The van der Waals surface area contributed by atoms with Gasteiger partial charge in [-0.2, -0.15) is 5.10 Å². The van der Waals surface area contributed by atoms with Crippen LogP contribution in [0, 0.1) is 18.8 Å². The summed E-state index contributed by atoms with van der Waals surface area (Å²) in [6.07, 6.45) is 1.31.